The highest BCUT2D eigenvalue weighted by Gasteiger charge is 2.19. The summed E-state index contributed by atoms with van der Waals surface area (Å²) in [5.41, 5.74) is 1.00. The number of anilines is 2. The molecule has 0 unspecified atom stereocenters. The van der Waals surface area contributed by atoms with Crippen molar-refractivity contribution in [2.45, 2.75) is 4.90 Å². The molecular weight excluding hydrogens is 400 g/mol. The molecule has 0 saturated heterocycles. The first-order valence-electron chi connectivity index (χ1n) is 8.22. The van der Waals surface area contributed by atoms with Crippen molar-refractivity contribution in [2.75, 3.05) is 17.1 Å². The molecule has 0 bridgehead atoms. The maximum atomic E-state index is 12.7. The monoisotopic (exact) mass is 416 g/mol. The number of halogens is 1. The molecular formula is C20H17ClN2O4S. The van der Waals surface area contributed by atoms with Gasteiger partial charge in [0.15, 0.2) is 0 Å². The molecule has 3 rings (SSSR count). The Bertz CT molecular complexity index is 1080. The summed E-state index contributed by atoms with van der Waals surface area (Å²) in [5, 5.41) is 2.84. The number of rotatable bonds is 6. The number of hydrogen-bond acceptors (Lipinski definition) is 4. The molecule has 0 heterocycles. The van der Waals surface area contributed by atoms with E-state index in [2.05, 4.69) is 10.0 Å². The number of nitrogens with one attached hydrogen (secondary N) is 2. The van der Waals surface area contributed by atoms with E-state index in [1.165, 1.54) is 25.3 Å². The lowest BCUT2D eigenvalue weighted by Gasteiger charge is -2.11. The molecule has 6 nitrogen and oxygen atoms in total. The zero-order valence-electron chi connectivity index (χ0n) is 14.8. The number of carbonyl (C=O) groups excluding carboxylic acids is 1. The van der Waals surface area contributed by atoms with E-state index >= 15 is 0 Å². The molecule has 0 aliphatic carbocycles. The van der Waals surface area contributed by atoms with Crippen molar-refractivity contribution < 1.29 is 17.9 Å². The summed E-state index contributed by atoms with van der Waals surface area (Å²) in [6.07, 6.45) is 0. The van der Waals surface area contributed by atoms with E-state index in [1.807, 2.05) is 6.07 Å². The van der Waals surface area contributed by atoms with E-state index in [1.54, 1.807) is 48.5 Å². The van der Waals surface area contributed by atoms with Crippen LogP contribution in [0.4, 0.5) is 11.4 Å². The number of sulfonamides is 1. The van der Waals surface area contributed by atoms with E-state index in [-0.39, 0.29) is 15.5 Å². The first kappa shape index (κ1) is 19.7. The molecule has 0 fully saturated rings. The molecule has 0 atom stereocenters. The van der Waals surface area contributed by atoms with Crippen LogP contribution in [0.15, 0.2) is 77.7 Å². The van der Waals surface area contributed by atoms with Crippen molar-refractivity contribution >= 4 is 38.9 Å². The first-order valence-corrected chi connectivity index (χ1v) is 10.1. The maximum absolute atomic E-state index is 12.7. The zero-order valence-corrected chi connectivity index (χ0v) is 16.4. The number of ether oxygens (including phenoxy) is 1. The van der Waals surface area contributed by atoms with Crippen LogP contribution in [0.3, 0.4) is 0 Å². The molecule has 3 aromatic carbocycles. The van der Waals surface area contributed by atoms with Crippen molar-refractivity contribution in [1.82, 2.24) is 0 Å². The summed E-state index contributed by atoms with van der Waals surface area (Å²) in [4.78, 5) is 12.4. The Labute approximate surface area is 168 Å². The van der Waals surface area contributed by atoms with Crippen molar-refractivity contribution in [2.24, 2.45) is 0 Å². The number of carbonyl (C=O) groups is 1. The van der Waals surface area contributed by atoms with Gasteiger partial charge in [-0.15, -0.1) is 0 Å². The molecule has 0 saturated carbocycles. The Morgan fingerprint density at radius 2 is 1.61 bits per heavy atom. The second-order valence-corrected chi connectivity index (χ2v) is 7.89. The summed E-state index contributed by atoms with van der Waals surface area (Å²) < 4.78 is 32.9. The van der Waals surface area contributed by atoms with Gasteiger partial charge in [-0.25, -0.2) is 8.42 Å². The lowest BCUT2D eigenvalue weighted by molar-refractivity contribution is 0.102. The third kappa shape index (κ3) is 4.62. The predicted octanol–water partition coefficient (Wildman–Crippen LogP) is 4.40. The SMILES string of the molecule is COc1ccc(NS(=O)(=O)c2ccc(Cl)c(C(=O)Nc3ccccc3)c2)cc1. The molecule has 144 valence electrons. The van der Waals surface area contributed by atoms with Gasteiger partial charge >= 0.3 is 0 Å². The second kappa shape index (κ2) is 8.33. The lowest BCUT2D eigenvalue weighted by atomic mass is 10.2. The smallest absolute Gasteiger partial charge is 0.261 e. The number of amides is 1. The van der Waals surface area contributed by atoms with Crippen molar-refractivity contribution in [3.05, 3.63) is 83.4 Å². The molecule has 0 aliphatic rings. The average Bonchev–Trinajstić information content (AvgIpc) is 2.69. The van der Waals surface area contributed by atoms with Crippen molar-refractivity contribution in [3.8, 4) is 5.75 Å². The van der Waals surface area contributed by atoms with Gasteiger partial charge in [0.2, 0.25) is 0 Å². The van der Waals surface area contributed by atoms with Gasteiger partial charge in [-0.3, -0.25) is 9.52 Å². The first-order chi connectivity index (χ1) is 13.4. The highest BCUT2D eigenvalue weighted by Crippen LogP contribution is 2.24. The van der Waals surface area contributed by atoms with Crippen LogP contribution >= 0.6 is 11.6 Å². The van der Waals surface area contributed by atoms with E-state index < -0.39 is 15.9 Å². The predicted molar refractivity (Wildman–Crippen MR) is 110 cm³/mol. The van der Waals surface area contributed by atoms with Gasteiger partial charge in [0.25, 0.3) is 15.9 Å². The number of benzene rings is 3. The Kier molecular flexibility index (Phi) is 5.87. The highest BCUT2D eigenvalue weighted by molar-refractivity contribution is 7.92. The fraction of sp³-hybridized carbons (Fsp3) is 0.0500. The van der Waals surface area contributed by atoms with Crippen LogP contribution in [0.1, 0.15) is 10.4 Å². The van der Waals surface area contributed by atoms with Crippen LogP contribution in [-0.4, -0.2) is 21.4 Å². The Morgan fingerprint density at radius 3 is 2.25 bits per heavy atom. The lowest BCUT2D eigenvalue weighted by Crippen LogP contribution is -2.16. The van der Waals surface area contributed by atoms with E-state index in [0.29, 0.717) is 17.1 Å². The topological polar surface area (TPSA) is 84.5 Å². The van der Waals surface area contributed by atoms with Gasteiger partial charge in [0, 0.05) is 11.4 Å². The number of para-hydroxylation sites is 1. The van der Waals surface area contributed by atoms with Gasteiger partial charge < -0.3 is 10.1 Å². The summed E-state index contributed by atoms with van der Waals surface area (Å²) in [7, 11) is -2.39. The standard InChI is InChI=1S/C20H17ClN2O4S/c1-27-16-9-7-15(8-10-16)23-28(25,26)17-11-12-19(21)18(13-17)20(24)22-14-5-3-2-4-6-14/h2-13,23H,1H3,(H,22,24). The van der Waals surface area contributed by atoms with Gasteiger partial charge in [0.05, 0.1) is 22.6 Å². The van der Waals surface area contributed by atoms with Crippen molar-refractivity contribution in [1.29, 1.82) is 0 Å². The van der Waals surface area contributed by atoms with Crippen LogP contribution in [0.5, 0.6) is 5.75 Å². The van der Waals surface area contributed by atoms with Crippen molar-refractivity contribution in [3.63, 3.8) is 0 Å². The molecule has 2 N–H and O–H groups in total. The fourth-order valence-corrected chi connectivity index (χ4v) is 3.73. The molecule has 8 heteroatoms. The summed E-state index contributed by atoms with van der Waals surface area (Å²) in [6.45, 7) is 0. The van der Waals surface area contributed by atoms with Gasteiger partial charge in [-0.2, -0.15) is 0 Å². The second-order valence-electron chi connectivity index (χ2n) is 5.80. The van der Waals surface area contributed by atoms with Crippen LogP contribution in [0, 0.1) is 0 Å². The van der Waals surface area contributed by atoms with Crippen LogP contribution in [0.25, 0.3) is 0 Å². The molecule has 0 aliphatic heterocycles. The number of hydrogen-bond donors (Lipinski definition) is 2. The van der Waals surface area contributed by atoms with E-state index in [4.69, 9.17) is 16.3 Å². The van der Waals surface area contributed by atoms with Crippen LogP contribution in [-0.2, 0) is 10.0 Å². The largest absolute Gasteiger partial charge is 0.497 e. The molecule has 3 aromatic rings. The Hall–Kier alpha value is -3.03. The molecule has 28 heavy (non-hydrogen) atoms. The quantitative estimate of drug-likeness (QED) is 0.623. The van der Waals surface area contributed by atoms with Gasteiger partial charge in [-0.1, -0.05) is 29.8 Å². The van der Waals surface area contributed by atoms with Crippen LogP contribution in [0.2, 0.25) is 5.02 Å². The van der Waals surface area contributed by atoms with E-state index in [0.717, 1.165) is 0 Å². The van der Waals surface area contributed by atoms with E-state index in [9.17, 15) is 13.2 Å². The summed E-state index contributed by atoms with van der Waals surface area (Å²) >= 11 is 6.11. The third-order valence-electron chi connectivity index (χ3n) is 3.87. The number of methoxy groups -OCH3 is 1. The Morgan fingerprint density at radius 1 is 0.929 bits per heavy atom. The van der Waals surface area contributed by atoms with Gasteiger partial charge in [-0.05, 0) is 54.6 Å². The minimum Gasteiger partial charge on any atom is -0.497 e. The summed E-state index contributed by atoms with van der Waals surface area (Å²) in [5.74, 6) is 0.104. The maximum Gasteiger partial charge on any atom is 0.261 e. The average molecular weight is 417 g/mol. The third-order valence-corrected chi connectivity index (χ3v) is 5.58. The molecule has 1 amide bonds. The van der Waals surface area contributed by atoms with Gasteiger partial charge in [0.1, 0.15) is 5.75 Å². The fourth-order valence-electron chi connectivity index (χ4n) is 2.44. The minimum atomic E-state index is -3.91. The Balaban J connectivity index is 1.85. The normalized spacial score (nSPS) is 10.9. The molecule has 0 radical (unpaired) electrons. The zero-order chi connectivity index (χ0) is 20.1. The minimum absolute atomic E-state index is 0.0584. The summed E-state index contributed by atoms with van der Waals surface area (Å²) in [6, 6.07) is 19.2. The molecule has 0 aromatic heterocycles. The van der Waals surface area contributed by atoms with Crippen LogP contribution < -0.4 is 14.8 Å². The highest BCUT2D eigenvalue weighted by atomic mass is 35.5. The molecule has 0 spiro atoms.